The summed E-state index contributed by atoms with van der Waals surface area (Å²) >= 11 is 0. The highest BCUT2D eigenvalue weighted by Gasteiger charge is 2.43. The van der Waals surface area contributed by atoms with Crippen molar-refractivity contribution in [1.82, 2.24) is 9.88 Å². The van der Waals surface area contributed by atoms with Crippen LogP contribution in [0.2, 0.25) is 0 Å². The van der Waals surface area contributed by atoms with Gasteiger partial charge in [-0.1, -0.05) is 6.08 Å². The number of allylic oxidation sites excluding steroid dienone is 5. The number of hydrogen-bond acceptors (Lipinski definition) is 6. The number of ether oxygens (including phenoxy) is 3. The second-order valence-corrected chi connectivity index (χ2v) is 10.5. The number of nitrogens with zero attached hydrogens (tertiary/aromatic N) is 2. The number of aliphatic imine (C=N–C) groups is 1. The largest absolute Gasteiger partial charge is 0.508 e. The van der Waals surface area contributed by atoms with E-state index in [1.54, 1.807) is 30.5 Å². The van der Waals surface area contributed by atoms with Gasteiger partial charge in [-0.3, -0.25) is 4.99 Å². The molecule has 4 heterocycles. The highest BCUT2D eigenvalue weighted by molar-refractivity contribution is 5.83. The lowest BCUT2D eigenvalue weighted by molar-refractivity contribution is -0.105. The standard InChI is InChI=1S/C29H32FN3O4/c1-19-13-22-23(32-19)4-6-26(28(22)30)37-21-7-9-31-24-15-27(25(34)5-3-20(24)14-21)36-12-2-10-33-11-8-29(16-33)17-35-18-29/h3-4,6-7,9,13,15,32,34H,2,5,8,10-12,14,16-18H2,1H3. The molecule has 6 rings (SSSR count). The quantitative estimate of drug-likeness (QED) is 0.488. The average molecular weight is 506 g/mol. The Kier molecular flexibility index (Phi) is 6.38. The van der Waals surface area contributed by atoms with Crippen molar-refractivity contribution >= 4 is 17.1 Å². The third-order valence-corrected chi connectivity index (χ3v) is 7.55. The Bertz CT molecular complexity index is 1360. The van der Waals surface area contributed by atoms with Crippen LogP contribution in [0.25, 0.3) is 10.9 Å². The van der Waals surface area contributed by atoms with Crippen LogP contribution in [0.1, 0.15) is 31.4 Å². The number of aryl methyl sites for hydroxylation is 1. The summed E-state index contributed by atoms with van der Waals surface area (Å²) in [5, 5.41) is 11.1. The molecule has 7 nitrogen and oxygen atoms in total. The molecule has 1 aromatic heterocycles. The highest BCUT2D eigenvalue weighted by Crippen LogP contribution is 2.37. The zero-order chi connectivity index (χ0) is 25.4. The summed E-state index contributed by atoms with van der Waals surface area (Å²) < 4.78 is 32.4. The molecule has 3 aliphatic heterocycles. The normalized spacial score (nSPS) is 21.2. The smallest absolute Gasteiger partial charge is 0.175 e. The molecule has 0 unspecified atom stereocenters. The number of aromatic amines is 1. The Hall–Kier alpha value is -3.36. The molecular formula is C29H32FN3O4. The monoisotopic (exact) mass is 505 g/mol. The molecular weight excluding hydrogens is 473 g/mol. The predicted molar refractivity (Wildman–Crippen MR) is 140 cm³/mol. The minimum atomic E-state index is -0.394. The molecule has 1 aliphatic carbocycles. The van der Waals surface area contributed by atoms with E-state index in [0.717, 1.165) is 56.1 Å². The van der Waals surface area contributed by atoms with E-state index < -0.39 is 5.82 Å². The molecule has 2 N–H and O–H groups in total. The van der Waals surface area contributed by atoms with Crippen LogP contribution >= 0.6 is 0 Å². The van der Waals surface area contributed by atoms with Gasteiger partial charge in [-0.2, -0.15) is 0 Å². The molecule has 0 amide bonds. The van der Waals surface area contributed by atoms with Crippen molar-refractivity contribution in [3.63, 3.8) is 0 Å². The maximum Gasteiger partial charge on any atom is 0.175 e. The van der Waals surface area contributed by atoms with Crippen molar-refractivity contribution in [1.29, 1.82) is 0 Å². The van der Waals surface area contributed by atoms with Crippen molar-refractivity contribution in [2.24, 2.45) is 10.4 Å². The summed E-state index contributed by atoms with van der Waals surface area (Å²) in [6, 6.07) is 5.23. The van der Waals surface area contributed by atoms with E-state index in [9.17, 15) is 5.11 Å². The van der Waals surface area contributed by atoms with Gasteiger partial charge >= 0.3 is 0 Å². The summed E-state index contributed by atoms with van der Waals surface area (Å²) in [6.45, 7) is 7.39. The molecule has 0 bridgehead atoms. The summed E-state index contributed by atoms with van der Waals surface area (Å²) in [5.74, 6) is 0.988. The van der Waals surface area contributed by atoms with Gasteiger partial charge in [0.25, 0.3) is 0 Å². The summed E-state index contributed by atoms with van der Waals surface area (Å²) in [7, 11) is 0. The van der Waals surface area contributed by atoms with Gasteiger partial charge < -0.3 is 29.2 Å². The fraction of sp³-hybridized carbons (Fsp3) is 0.414. The van der Waals surface area contributed by atoms with E-state index in [2.05, 4.69) is 14.9 Å². The number of likely N-dealkylation sites (tertiary alicyclic amines) is 1. The third kappa shape index (κ3) is 4.95. The Balaban J connectivity index is 1.07. The molecule has 2 fully saturated rings. The summed E-state index contributed by atoms with van der Waals surface area (Å²) in [5.41, 5.74) is 3.63. The first-order chi connectivity index (χ1) is 18.0. The van der Waals surface area contributed by atoms with E-state index in [4.69, 9.17) is 14.2 Å². The zero-order valence-corrected chi connectivity index (χ0v) is 21.1. The Morgan fingerprint density at radius 2 is 2.19 bits per heavy atom. The number of hydrogen-bond donors (Lipinski definition) is 2. The van der Waals surface area contributed by atoms with E-state index >= 15 is 4.39 Å². The van der Waals surface area contributed by atoms with Crippen LogP contribution in [0.4, 0.5) is 4.39 Å². The van der Waals surface area contributed by atoms with Gasteiger partial charge in [-0.15, -0.1) is 0 Å². The number of halogens is 1. The minimum Gasteiger partial charge on any atom is -0.508 e. The van der Waals surface area contributed by atoms with E-state index in [-0.39, 0.29) is 11.5 Å². The van der Waals surface area contributed by atoms with Gasteiger partial charge in [-0.05, 0) is 56.2 Å². The van der Waals surface area contributed by atoms with Gasteiger partial charge in [0.15, 0.2) is 17.3 Å². The molecule has 194 valence electrons. The lowest BCUT2D eigenvalue weighted by atomic mass is 9.85. The van der Waals surface area contributed by atoms with Gasteiger partial charge in [0.05, 0.1) is 25.5 Å². The molecule has 2 aromatic rings. The maximum absolute atomic E-state index is 15.0. The summed E-state index contributed by atoms with van der Waals surface area (Å²) in [6.07, 6.45) is 9.97. The number of aliphatic hydroxyl groups is 1. The van der Waals surface area contributed by atoms with Crippen molar-refractivity contribution in [3.8, 4) is 5.75 Å². The van der Waals surface area contributed by atoms with Crippen molar-refractivity contribution in [2.75, 3.05) is 39.5 Å². The number of aliphatic hydroxyl groups excluding tert-OH is 1. The SMILES string of the molecule is Cc1cc2c(F)c(OC3=CC=NC4=CC(OCCCN5CCC6(COC6)C5)=C(O)CC=C4C3)ccc2[nH]1. The molecule has 0 atom stereocenters. The lowest BCUT2D eigenvalue weighted by Gasteiger charge is -2.37. The fourth-order valence-electron chi connectivity index (χ4n) is 5.47. The van der Waals surface area contributed by atoms with Crippen molar-refractivity contribution in [2.45, 2.75) is 32.6 Å². The van der Waals surface area contributed by atoms with Crippen molar-refractivity contribution in [3.05, 3.63) is 76.5 Å². The predicted octanol–water partition coefficient (Wildman–Crippen LogP) is 5.47. The Labute approximate surface area is 215 Å². The van der Waals surface area contributed by atoms with E-state index in [1.165, 1.54) is 6.42 Å². The number of fused-ring (bicyclic) bond motifs is 2. The van der Waals surface area contributed by atoms with Gasteiger partial charge in [0.2, 0.25) is 0 Å². The highest BCUT2D eigenvalue weighted by atomic mass is 19.1. The van der Waals surface area contributed by atoms with Crippen LogP contribution < -0.4 is 4.74 Å². The summed E-state index contributed by atoms with van der Waals surface area (Å²) in [4.78, 5) is 10.2. The van der Waals surface area contributed by atoms with E-state index in [0.29, 0.717) is 47.5 Å². The molecule has 1 spiro atoms. The Morgan fingerprint density at radius 1 is 1.30 bits per heavy atom. The second kappa shape index (κ2) is 9.84. The van der Waals surface area contributed by atoms with Crippen LogP contribution in [0, 0.1) is 18.2 Å². The van der Waals surface area contributed by atoms with Gasteiger partial charge in [0, 0.05) is 60.2 Å². The van der Waals surface area contributed by atoms with Crippen LogP contribution in [0.15, 0.2) is 70.0 Å². The molecule has 0 radical (unpaired) electrons. The zero-order valence-electron chi connectivity index (χ0n) is 21.1. The van der Waals surface area contributed by atoms with Gasteiger partial charge in [-0.25, -0.2) is 4.39 Å². The molecule has 0 saturated carbocycles. The van der Waals surface area contributed by atoms with Crippen LogP contribution in [-0.2, 0) is 9.47 Å². The minimum absolute atomic E-state index is 0.173. The number of benzene rings is 1. The molecule has 2 saturated heterocycles. The number of aromatic nitrogens is 1. The molecule has 8 heteroatoms. The topological polar surface area (TPSA) is 79.3 Å². The molecule has 1 aromatic carbocycles. The van der Waals surface area contributed by atoms with Crippen molar-refractivity contribution < 1.29 is 23.7 Å². The van der Waals surface area contributed by atoms with Gasteiger partial charge in [0.1, 0.15) is 11.5 Å². The Morgan fingerprint density at radius 3 is 3.00 bits per heavy atom. The van der Waals surface area contributed by atoms with Crippen LogP contribution in [0.3, 0.4) is 0 Å². The average Bonchev–Trinajstić information content (AvgIpc) is 3.38. The third-order valence-electron chi connectivity index (χ3n) is 7.55. The number of nitrogens with one attached hydrogen (secondary N) is 1. The first-order valence-corrected chi connectivity index (χ1v) is 12.9. The molecule has 4 aliphatic rings. The number of rotatable bonds is 7. The van der Waals surface area contributed by atoms with Crippen LogP contribution in [-0.4, -0.2) is 60.7 Å². The molecule has 37 heavy (non-hydrogen) atoms. The van der Waals surface area contributed by atoms with Crippen LogP contribution in [0.5, 0.6) is 5.75 Å². The fourth-order valence-corrected chi connectivity index (χ4v) is 5.47. The first kappa shape index (κ1) is 24.0. The number of H-pyrrole nitrogens is 1. The first-order valence-electron chi connectivity index (χ1n) is 12.9. The maximum atomic E-state index is 15.0. The second-order valence-electron chi connectivity index (χ2n) is 10.5. The lowest BCUT2D eigenvalue weighted by Crippen LogP contribution is -2.44. The van der Waals surface area contributed by atoms with E-state index in [1.807, 2.05) is 19.1 Å².